The van der Waals surface area contributed by atoms with Gasteiger partial charge in [-0.15, -0.1) is 0 Å². The first-order valence-electron chi connectivity index (χ1n) is 7.15. The molecule has 0 aliphatic heterocycles. The van der Waals surface area contributed by atoms with E-state index in [2.05, 4.69) is 5.32 Å². The van der Waals surface area contributed by atoms with Gasteiger partial charge in [0.25, 0.3) is 0 Å². The SMILES string of the molecule is Cc1ccc(CC(=O)NCC(O)C2CCCC2)cc1. The predicted octanol–water partition coefficient (Wildman–Crippen LogP) is 2.20. The van der Waals surface area contributed by atoms with Crippen LogP contribution in [-0.2, 0) is 11.2 Å². The Morgan fingerprint density at radius 1 is 1.32 bits per heavy atom. The van der Waals surface area contributed by atoms with Crippen molar-refractivity contribution in [3.05, 3.63) is 35.4 Å². The average Bonchev–Trinajstić information content (AvgIpc) is 2.93. The molecule has 1 amide bonds. The largest absolute Gasteiger partial charge is 0.391 e. The third-order valence-corrected chi connectivity index (χ3v) is 3.94. The van der Waals surface area contributed by atoms with E-state index in [0.717, 1.165) is 18.4 Å². The highest BCUT2D eigenvalue weighted by molar-refractivity contribution is 5.78. The van der Waals surface area contributed by atoms with Gasteiger partial charge in [0.2, 0.25) is 5.91 Å². The lowest BCUT2D eigenvalue weighted by Gasteiger charge is -2.18. The van der Waals surface area contributed by atoms with Crippen LogP contribution in [0.4, 0.5) is 0 Å². The first-order valence-corrected chi connectivity index (χ1v) is 7.15. The zero-order valence-electron chi connectivity index (χ0n) is 11.6. The van der Waals surface area contributed by atoms with Crippen LogP contribution < -0.4 is 5.32 Å². The lowest BCUT2D eigenvalue weighted by atomic mass is 10.0. The Balaban J connectivity index is 1.73. The second-order valence-electron chi connectivity index (χ2n) is 5.58. The van der Waals surface area contributed by atoms with Crippen LogP contribution in [0.3, 0.4) is 0 Å². The van der Waals surface area contributed by atoms with Gasteiger partial charge >= 0.3 is 0 Å². The number of benzene rings is 1. The van der Waals surface area contributed by atoms with Crippen LogP contribution in [0.2, 0.25) is 0 Å². The van der Waals surface area contributed by atoms with Crippen molar-refractivity contribution in [1.82, 2.24) is 5.32 Å². The summed E-state index contributed by atoms with van der Waals surface area (Å²) in [4.78, 5) is 11.8. The summed E-state index contributed by atoms with van der Waals surface area (Å²) < 4.78 is 0. The van der Waals surface area contributed by atoms with Crippen LogP contribution >= 0.6 is 0 Å². The number of aliphatic hydroxyl groups is 1. The third kappa shape index (κ3) is 4.35. The van der Waals surface area contributed by atoms with E-state index in [1.807, 2.05) is 31.2 Å². The molecule has 0 heterocycles. The zero-order chi connectivity index (χ0) is 13.7. The monoisotopic (exact) mass is 261 g/mol. The van der Waals surface area contributed by atoms with Crippen molar-refractivity contribution in [2.45, 2.75) is 45.1 Å². The molecule has 0 bridgehead atoms. The van der Waals surface area contributed by atoms with E-state index in [1.165, 1.54) is 18.4 Å². The summed E-state index contributed by atoms with van der Waals surface area (Å²) in [5.41, 5.74) is 2.21. The number of aliphatic hydroxyl groups excluding tert-OH is 1. The molecule has 104 valence electrons. The van der Waals surface area contributed by atoms with Gasteiger partial charge in [0.05, 0.1) is 12.5 Å². The van der Waals surface area contributed by atoms with Crippen molar-refractivity contribution >= 4 is 5.91 Å². The molecule has 2 rings (SSSR count). The maximum absolute atomic E-state index is 11.8. The topological polar surface area (TPSA) is 49.3 Å². The van der Waals surface area contributed by atoms with Crippen molar-refractivity contribution in [1.29, 1.82) is 0 Å². The van der Waals surface area contributed by atoms with Crippen molar-refractivity contribution in [2.24, 2.45) is 5.92 Å². The second kappa shape index (κ2) is 6.71. The summed E-state index contributed by atoms with van der Waals surface area (Å²) >= 11 is 0. The van der Waals surface area contributed by atoms with Crippen molar-refractivity contribution < 1.29 is 9.90 Å². The predicted molar refractivity (Wildman–Crippen MR) is 75.9 cm³/mol. The van der Waals surface area contributed by atoms with E-state index in [0.29, 0.717) is 18.9 Å². The molecule has 2 N–H and O–H groups in total. The number of rotatable bonds is 5. The molecule has 3 nitrogen and oxygen atoms in total. The number of hydrogen-bond donors (Lipinski definition) is 2. The van der Waals surface area contributed by atoms with Gasteiger partial charge in [-0.1, -0.05) is 42.7 Å². The van der Waals surface area contributed by atoms with E-state index in [1.54, 1.807) is 0 Å². The van der Waals surface area contributed by atoms with E-state index >= 15 is 0 Å². The number of aryl methyl sites for hydroxylation is 1. The fourth-order valence-electron chi connectivity index (χ4n) is 2.68. The van der Waals surface area contributed by atoms with Crippen LogP contribution in [0.15, 0.2) is 24.3 Å². The van der Waals surface area contributed by atoms with Gasteiger partial charge in [0.15, 0.2) is 0 Å². The molecule has 0 saturated heterocycles. The van der Waals surface area contributed by atoms with Crippen LogP contribution in [0.25, 0.3) is 0 Å². The fourth-order valence-corrected chi connectivity index (χ4v) is 2.68. The summed E-state index contributed by atoms with van der Waals surface area (Å²) in [6, 6.07) is 7.97. The number of amides is 1. The number of carbonyl (C=O) groups excluding carboxylic acids is 1. The van der Waals surface area contributed by atoms with E-state index in [4.69, 9.17) is 0 Å². The maximum atomic E-state index is 11.8. The van der Waals surface area contributed by atoms with Crippen molar-refractivity contribution in [3.63, 3.8) is 0 Å². The molecule has 1 atom stereocenters. The Labute approximate surface area is 115 Å². The summed E-state index contributed by atoms with van der Waals surface area (Å²) in [6.45, 7) is 2.41. The van der Waals surface area contributed by atoms with Gasteiger partial charge in [-0.3, -0.25) is 4.79 Å². The number of nitrogens with one attached hydrogen (secondary N) is 1. The quantitative estimate of drug-likeness (QED) is 0.853. The third-order valence-electron chi connectivity index (χ3n) is 3.94. The zero-order valence-corrected chi connectivity index (χ0v) is 11.6. The Morgan fingerprint density at radius 2 is 1.95 bits per heavy atom. The molecule has 1 unspecified atom stereocenters. The minimum absolute atomic E-state index is 0.0131. The van der Waals surface area contributed by atoms with Gasteiger partial charge in [0, 0.05) is 6.54 Å². The molecule has 0 radical (unpaired) electrons. The molecular weight excluding hydrogens is 238 g/mol. The lowest BCUT2D eigenvalue weighted by Crippen LogP contribution is -2.36. The minimum Gasteiger partial charge on any atom is -0.391 e. The molecular formula is C16H23NO2. The van der Waals surface area contributed by atoms with E-state index in [9.17, 15) is 9.90 Å². The second-order valence-corrected chi connectivity index (χ2v) is 5.58. The standard InChI is InChI=1S/C16H23NO2/c1-12-6-8-13(9-7-12)10-16(19)17-11-15(18)14-4-2-3-5-14/h6-9,14-15,18H,2-5,10-11H2,1H3,(H,17,19). The molecule has 1 saturated carbocycles. The minimum atomic E-state index is -0.385. The normalized spacial score (nSPS) is 17.4. The number of hydrogen-bond acceptors (Lipinski definition) is 2. The highest BCUT2D eigenvalue weighted by atomic mass is 16.3. The van der Waals surface area contributed by atoms with Gasteiger partial charge in [-0.05, 0) is 31.2 Å². The van der Waals surface area contributed by atoms with Crippen LogP contribution in [-0.4, -0.2) is 23.7 Å². The summed E-state index contributed by atoms with van der Waals surface area (Å²) in [5.74, 6) is 0.362. The van der Waals surface area contributed by atoms with Gasteiger partial charge in [-0.25, -0.2) is 0 Å². The molecule has 0 spiro atoms. The summed E-state index contributed by atoms with van der Waals surface area (Å²) in [6.07, 6.45) is 4.60. The Bertz CT molecular complexity index is 407. The smallest absolute Gasteiger partial charge is 0.224 e. The Hall–Kier alpha value is -1.35. The Kier molecular flexibility index (Phi) is 4.97. The first-order chi connectivity index (χ1) is 9.15. The van der Waals surface area contributed by atoms with Gasteiger partial charge in [-0.2, -0.15) is 0 Å². The Morgan fingerprint density at radius 3 is 2.58 bits per heavy atom. The van der Waals surface area contributed by atoms with Crippen molar-refractivity contribution in [3.8, 4) is 0 Å². The maximum Gasteiger partial charge on any atom is 0.224 e. The number of carbonyl (C=O) groups is 1. The summed E-state index contributed by atoms with van der Waals surface area (Å²) in [7, 11) is 0. The fraction of sp³-hybridized carbons (Fsp3) is 0.562. The van der Waals surface area contributed by atoms with Crippen LogP contribution in [0.5, 0.6) is 0 Å². The molecule has 3 heteroatoms. The first kappa shape index (κ1) is 14.1. The van der Waals surface area contributed by atoms with E-state index < -0.39 is 0 Å². The van der Waals surface area contributed by atoms with E-state index in [-0.39, 0.29) is 12.0 Å². The average molecular weight is 261 g/mol. The van der Waals surface area contributed by atoms with Gasteiger partial charge in [0.1, 0.15) is 0 Å². The van der Waals surface area contributed by atoms with Crippen LogP contribution in [0, 0.1) is 12.8 Å². The molecule has 0 aromatic heterocycles. The summed E-state index contributed by atoms with van der Waals surface area (Å²) in [5, 5.41) is 12.8. The highest BCUT2D eigenvalue weighted by Crippen LogP contribution is 2.27. The molecule has 19 heavy (non-hydrogen) atoms. The molecule has 1 aromatic rings. The molecule has 1 aromatic carbocycles. The molecule has 1 fully saturated rings. The highest BCUT2D eigenvalue weighted by Gasteiger charge is 2.23. The molecule has 1 aliphatic carbocycles. The van der Waals surface area contributed by atoms with Crippen molar-refractivity contribution in [2.75, 3.05) is 6.54 Å². The van der Waals surface area contributed by atoms with Gasteiger partial charge < -0.3 is 10.4 Å². The molecule has 1 aliphatic rings. The lowest BCUT2D eigenvalue weighted by molar-refractivity contribution is -0.121. The van der Waals surface area contributed by atoms with Crippen LogP contribution in [0.1, 0.15) is 36.8 Å².